The van der Waals surface area contributed by atoms with Crippen molar-refractivity contribution in [3.05, 3.63) is 24.4 Å². The summed E-state index contributed by atoms with van der Waals surface area (Å²) in [7, 11) is 0. The molecule has 15 heavy (non-hydrogen) atoms. The molecule has 0 bridgehead atoms. The summed E-state index contributed by atoms with van der Waals surface area (Å²) in [5.41, 5.74) is 5.07. The lowest BCUT2D eigenvalue weighted by molar-refractivity contribution is -0.124. The quantitative estimate of drug-likeness (QED) is 0.784. The number of hydrogen-bond donors (Lipinski definition) is 2. The third-order valence-corrected chi connectivity index (χ3v) is 2.69. The summed E-state index contributed by atoms with van der Waals surface area (Å²) < 4.78 is 0. The predicted octanol–water partition coefficient (Wildman–Crippen LogP) is 1.40. The first-order valence-electron chi connectivity index (χ1n) is 5.05. The maximum atomic E-state index is 11.9. The van der Waals surface area contributed by atoms with Crippen LogP contribution in [0.2, 0.25) is 0 Å². The Bertz CT molecular complexity index is 320. The number of nitrogens with one attached hydrogen (secondary N) is 1. The number of carbonyl (C=O) groups is 1. The zero-order valence-electron chi connectivity index (χ0n) is 9.16. The van der Waals surface area contributed by atoms with E-state index in [-0.39, 0.29) is 5.91 Å². The monoisotopic (exact) mass is 207 g/mol. The van der Waals surface area contributed by atoms with Crippen molar-refractivity contribution in [2.45, 2.75) is 20.3 Å². The van der Waals surface area contributed by atoms with Crippen molar-refractivity contribution in [1.82, 2.24) is 4.98 Å². The van der Waals surface area contributed by atoms with Crippen LogP contribution in [0.5, 0.6) is 0 Å². The average Bonchev–Trinajstić information content (AvgIpc) is 2.29. The van der Waals surface area contributed by atoms with Crippen LogP contribution >= 0.6 is 0 Å². The van der Waals surface area contributed by atoms with Gasteiger partial charge >= 0.3 is 0 Å². The fourth-order valence-electron chi connectivity index (χ4n) is 1.10. The van der Waals surface area contributed by atoms with Crippen LogP contribution in [0.4, 0.5) is 5.82 Å². The second-order valence-corrected chi connectivity index (χ2v) is 3.79. The first-order valence-corrected chi connectivity index (χ1v) is 5.05. The van der Waals surface area contributed by atoms with Crippen LogP contribution in [-0.4, -0.2) is 17.4 Å². The van der Waals surface area contributed by atoms with Gasteiger partial charge in [-0.05, 0) is 25.5 Å². The lowest BCUT2D eigenvalue weighted by Gasteiger charge is -2.24. The number of hydrogen-bond acceptors (Lipinski definition) is 3. The highest BCUT2D eigenvalue weighted by Crippen LogP contribution is 2.21. The van der Waals surface area contributed by atoms with E-state index >= 15 is 0 Å². The maximum absolute atomic E-state index is 11.9. The summed E-state index contributed by atoms with van der Waals surface area (Å²) in [5.74, 6) is 0.488. The number of nitrogens with two attached hydrogens (primary N) is 1. The van der Waals surface area contributed by atoms with Crippen molar-refractivity contribution in [2.24, 2.45) is 11.1 Å². The molecule has 1 unspecified atom stereocenters. The molecule has 0 saturated heterocycles. The maximum Gasteiger partial charge on any atom is 0.232 e. The molecule has 1 heterocycles. The van der Waals surface area contributed by atoms with Crippen molar-refractivity contribution < 1.29 is 4.79 Å². The highest BCUT2D eigenvalue weighted by Gasteiger charge is 2.29. The molecular formula is C11H17N3O. The van der Waals surface area contributed by atoms with Crippen LogP contribution < -0.4 is 11.1 Å². The largest absolute Gasteiger partial charge is 0.329 e. The number of nitrogens with zero attached hydrogens (tertiary/aromatic N) is 1. The Balaban J connectivity index is 2.71. The molecule has 0 aliphatic rings. The molecule has 4 nitrogen and oxygen atoms in total. The van der Waals surface area contributed by atoms with Crippen molar-refractivity contribution in [3.8, 4) is 0 Å². The van der Waals surface area contributed by atoms with Crippen LogP contribution in [0.25, 0.3) is 0 Å². The second kappa shape index (κ2) is 4.89. The molecule has 1 aromatic rings. The SMILES string of the molecule is CCC(C)(CN)C(=O)Nc1ccccn1. The summed E-state index contributed by atoms with van der Waals surface area (Å²) in [5, 5.41) is 2.75. The zero-order valence-corrected chi connectivity index (χ0v) is 9.16. The van der Waals surface area contributed by atoms with Gasteiger partial charge in [-0.1, -0.05) is 13.0 Å². The Kier molecular flexibility index (Phi) is 3.80. The van der Waals surface area contributed by atoms with E-state index in [1.54, 1.807) is 18.3 Å². The zero-order chi connectivity index (χ0) is 11.3. The van der Waals surface area contributed by atoms with Gasteiger partial charge in [0.05, 0.1) is 5.41 Å². The van der Waals surface area contributed by atoms with Crippen molar-refractivity contribution in [3.63, 3.8) is 0 Å². The molecule has 3 N–H and O–H groups in total. The Morgan fingerprint density at radius 1 is 1.60 bits per heavy atom. The lowest BCUT2D eigenvalue weighted by atomic mass is 9.87. The molecule has 0 saturated carbocycles. The summed E-state index contributed by atoms with van der Waals surface area (Å²) in [6, 6.07) is 5.39. The van der Waals surface area contributed by atoms with Crippen molar-refractivity contribution in [1.29, 1.82) is 0 Å². The summed E-state index contributed by atoms with van der Waals surface area (Å²) >= 11 is 0. The number of carbonyl (C=O) groups excluding carboxylic acids is 1. The Hall–Kier alpha value is -1.42. The van der Waals surface area contributed by atoms with Gasteiger partial charge in [0.15, 0.2) is 0 Å². The minimum absolute atomic E-state index is 0.0776. The van der Waals surface area contributed by atoms with Gasteiger partial charge in [-0.2, -0.15) is 0 Å². The van der Waals surface area contributed by atoms with Crippen LogP contribution in [0.15, 0.2) is 24.4 Å². The molecule has 0 radical (unpaired) electrons. The van der Waals surface area contributed by atoms with E-state index in [2.05, 4.69) is 10.3 Å². The van der Waals surface area contributed by atoms with Crippen LogP contribution in [0, 0.1) is 5.41 Å². The number of rotatable bonds is 4. The highest BCUT2D eigenvalue weighted by atomic mass is 16.2. The van der Waals surface area contributed by atoms with Gasteiger partial charge in [0.2, 0.25) is 5.91 Å². The Morgan fingerprint density at radius 3 is 2.80 bits per heavy atom. The van der Waals surface area contributed by atoms with Gasteiger partial charge in [0, 0.05) is 12.7 Å². The molecule has 1 amide bonds. The van der Waals surface area contributed by atoms with Crippen LogP contribution in [0.3, 0.4) is 0 Å². The smallest absolute Gasteiger partial charge is 0.232 e. The summed E-state index contributed by atoms with van der Waals surface area (Å²) in [6.07, 6.45) is 2.35. The van der Waals surface area contributed by atoms with E-state index in [4.69, 9.17) is 5.73 Å². The topological polar surface area (TPSA) is 68.0 Å². The van der Waals surface area contributed by atoms with E-state index < -0.39 is 5.41 Å². The highest BCUT2D eigenvalue weighted by molar-refractivity contribution is 5.94. The Labute approximate surface area is 89.9 Å². The van der Waals surface area contributed by atoms with Gasteiger partial charge in [0.1, 0.15) is 5.82 Å². The van der Waals surface area contributed by atoms with Crippen molar-refractivity contribution >= 4 is 11.7 Å². The lowest BCUT2D eigenvalue weighted by Crippen LogP contribution is -2.39. The number of pyridine rings is 1. The van der Waals surface area contributed by atoms with Gasteiger partial charge in [0.25, 0.3) is 0 Å². The van der Waals surface area contributed by atoms with Crippen molar-refractivity contribution in [2.75, 3.05) is 11.9 Å². The molecule has 0 spiro atoms. The van der Waals surface area contributed by atoms with Crippen LogP contribution in [-0.2, 0) is 4.79 Å². The van der Waals surface area contributed by atoms with E-state index in [9.17, 15) is 4.79 Å². The third kappa shape index (κ3) is 2.76. The second-order valence-electron chi connectivity index (χ2n) is 3.79. The molecule has 0 aliphatic heterocycles. The van der Waals surface area contributed by atoms with E-state index in [1.165, 1.54) is 0 Å². The Morgan fingerprint density at radius 2 is 2.33 bits per heavy atom. The number of aromatic nitrogens is 1. The molecule has 0 aromatic carbocycles. The minimum atomic E-state index is -0.516. The number of anilines is 1. The molecular weight excluding hydrogens is 190 g/mol. The van der Waals surface area contributed by atoms with Gasteiger partial charge < -0.3 is 11.1 Å². The molecule has 4 heteroatoms. The first kappa shape index (κ1) is 11.7. The molecule has 0 aliphatic carbocycles. The van der Waals surface area contributed by atoms with E-state index in [1.807, 2.05) is 19.9 Å². The third-order valence-electron chi connectivity index (χ3n) is 2.69. The fourth-order valence-corrected chi connectivity index (χ4v) is 1.10. The van der Waals surface area contributed by atoms with E-state index in [0.29, 0.717) is 18.8 Å². The van der Waals surface area contributed by atoms with Gasteiger partial charge in [-0.25, -0.2) is 4.98 Å². The average molecular weight is 207 g/mol. The molecule has 1 rings (SSSR count). The first-order chi connectivity index (χ1) is 7.12. The molecule has 1 aromatic heterocycles. The summed E-state index contributed by atoms with van der Waals surface area (Å²) in [4.78, 5) is 15.9. The van der Waals surface area contributed by atoms with E-state index in [0.717, 1.165) is 0 Å². The molecule has 82 valence electrons. The summed E-state index contributed by atoms with van der Waals surface area (Å²) in [6.45, 7) is 4.14. The fraction of sp³-hybridized carbons (Fsp3) is 0.455. The van der Waals surface area contributed by atoms with Gasteiger partial charge in [-0.3, -0.25) is 4.79 Å². The molecule has 1 atom stereocenters. The standard InChI is InChI=1S/C11H17N3O/c1-3-11(2,8-12)10(15)14-9-6-4-5-7-13-9/h4-7H,3,8,12H2,1-2H3,(H,13,14,15). The van der Waals surface area contributed by atoms with Crippen LogP contribution in [0.1, 0.15) is 20.3 Å². The minimum Gasteiger partial charge on any atom is -0.329 e. The predicted molar refractivity (Wildman–Crippen MR) is 60.3 cm³/mol. The van der Waals surface area contributed by atoms with Gasteiger partial charge in [-0.15, -0.1) is 0 Å². The molecule has 0 fully saturated rings. The number of amides is 1. The normalized spacial score (nSPS) is 14.3.